The molecule has 4 fully saturated rings. The third-order valence-corrected chi connectivity index (χ3v) is 9.99. The molecular formula is C30H40O11. The monoisotopic (exact) mass is 576 g/mol. The Labute approximate surface area is 239 Å². The second-order valence-electron chi connectivity index (χ2n) is 12.9. The van der Waals surface area contributed by atoms with Gasteiger partial charge in [0.05, 0.1) is 5.41 Å². The Kier molecular flexibility index (Phi) is 7.67. The molecule has 2 bridgehead atoms. The molecule has 11 heteroatoms. The Morgan fingerprint density at radius 3 is 1.73 bits per heavy atom. The van der Waals surface area contributed by atoms with Crippen molar-refractivity contribution in [2.75, 3.05) is 0 Å². The smallest absolute Gasteiger partial charge is 0.303 e. The van der Waals surface area contributed by atoms with Gasteiger partial charge in [0.25, 0.3) is 0 Å². The van der Waals surface area contributed by atoms with Gasteiger partial charge in [-0.05, 0) is 24.3 Å². The first-order chi connectivity index (χ1) is 18.9. The van der Waals surface area contributed by atoms with Gasteiger partial charge in [-0.1, -0.05) is 27.4 Å². The molecule has 0 aromatic heterocycles. The lowest BCUT2D eigenvalue weighted by molar-refractivity contribution is -0.310. The van der Waals surface area contributed by atoms with Gasteiger partial charge in [0.1, 0.15) is 24.4 Å². The van der Waals surface area contributed by atoms with Crippen molar-refractivity contribution in [3.05, 3.63) is 12.2 Å². The van der Waals surface area contributed by atoms with E-state index in [0.717, 1.165) is 0 Å². The summed E-state index contributed by atoms with van der Waals surface area (Å²) in [6.07, 6.45) is -4.44. The number of allylic oxidation sites excluding steroid dienone is 1. The number of carbonyl (C=O) groups excluding carboxylic acids is 6. The molecule has 4 rings (SSSR count). The average Bonchev–Trinajstić information content (AvgIpc) is 2.99. The fraction of sp³-hybridized carbons (Fsp3) is 0.733. The number of carbonyl (C=O) groups is 6. The minimum Gasteiger partial charge on any atom is -0.462 e. The maximum absolute atomic E-state index is 14.4. The summed E-state index contributed by atoms with van der Waals surface area (Å²) >= 11 is 0. The Morgan fingerprint density at radius 2 is 1.22 bits per heavy atom. The van der Waals surface area contributed by atoms with Crippen LogP contribution >= 0.6 is 0 Å². The van der Waals surface area contributed by atoms with Crippen molar-refractivity contribution in [3.8, 4) is 0 Å². The molecule has 11 nitrogen and oxygen atoms in total. The molecule has 0 amide bonds. The van der Waals surface area contributed by atoms with E-state index in [9.17, 15) is 28.8 Å². The number of fused-ring (bicyclic) bond motifs is 3. The lowest BCUT2D eigenvalue weighted by Gasteiger charge is -2.69. The van der Waals surface area contributed by atoms with Crippen LogP contribution in [0, 0.1) is 34.0 Å². The predicted octanol–water partition coefficient (Wildman–Crippen LogP) is 2.86. The fourth-order valence-electron chi connectivity index (χ4n) is 9.10. The quantitative estimate of drug-likeness (QED) is 0.270. The van der Waals surface area contributed by atoms with E-state index in [1.165, 1.54) is 34.6 Å². The highest BCUT2D eigenvalue weighted by Gasteiger charge is 2.80. The van der Waals surface area contributed by atoms with Crippen LogP contribution in [0.1, 0.15) is 74.7 Å². The van der Waals surface area contributed by atoms with Crippen LogP contribution in [0.2, 0.25) is 0 Å². The first-order valence-electron chi connectivity index (χ1n) is 14.0. The SMILES string of the molecule is C=C1C(=O)[C@]23C[C@H]1C[C@H](OC(C)=O)[C@H]2[C@]1(C)[C@@H](OC(C)=O)C[C@H](OC(C)=O)C(C)(C)[C@H]1[C@@H](OC(C)=O)[C@@H]3OC(C)=O. The molecule has 0 radical (unpaired) electrons. The summed E-state index contributed by atoms with van der Waals surface area (Å²) in [4.78, 5) is 76.9. The van der Waals surface area contributed by atoms with Crippen molar-refractivity contribution in [1.82, 2.24) is 0 Å². The highest BCUT2D eigenvalue weighted by molar-refractivity contribution is 6.04. The maximum Gasteiger partial charge on any atom is 0.303 e. The summed E-state index contributed by atoms with van der Waals surface area (Å²) in [5.74, 6) is -5.43. The standard InChI is InChI=1S/C30H40O11/c1-13-19-10-20(37-14(2)31)24-29(9)22(39-16(4)33)11-21(38-15(3)32)28(7,8)25(29)23(40-17(5)34)27(41-18(6)35)30(24,12-19)26(13)36/h19-25,27H,1,10-12H2,2-9H3/t19-,20+,21+,22+,23-,24+,25-,27+,29+,30+/m1/s1. The number of hydrogen-bond donors (Lipinski definition) is 0. The molecule has 0 unspecified atom stereocenters. The number of hydrogen-bond acceptors (Lipinski definition) is 11. The number of ketones is 1. The lowest BCUT2D eigenvalue weighted by atomic mass is 9.37. The number of ether oxygens (including phenoxy) is 5. The first kappa shape index (κ1) is 30.7. The van der Waals surface area contributed by atoms with E-state index < -0.39 is 88.4 Å². The average molecular weight is 577 g/mol. The van der Waals surface area contributed by atoms with Crippen molar-refractivity contribution >= 4 is 35.6 Å². The molecule has 0 aliphatic heterocycles. The lowest BCUT2D eigenvalue weighted by Crippen LogP contribution is -2.77. The van der Waals surface area contributed by atoms with Crippen LogP contribution in [-0.4, -0.2) is 66.1 Å². The van der Waals surface area contributed by atoms with Crippen LogP contribution < -0.4 is 0 Å². The molecule has 0 aromatic rings. The molecule has 226 valence electrons. The van der Waals surface area contributed by atoms with Gasteiger partial charge in [-0.3, -0.25) is 28.8 Å². The van der Waals surface area contributed by atoms with E-state index in [4.69, 9.17) is 23.7 Å². The second-order valence-corrected chi connectivity index (χ2v) is 12.9. The maximum atomic E-state index is 14.4. The van der Waals surface area contributed by atoms with Crippen molar-refractivity contribution in [3.63, 3.8) is 0 Å². The zero-order valence-corrected chi connectivity index (χ0v) is 24.9. The first-order valence-corrected chi connectivity index (χ1v) is 14.0. The normalized spacial score (nSPS) is 40.4. The molecule has 4 aliphatic rings. The van der Waals surface area contributed by atoms with Gasteiger partial charge in [0.2, 0.25) is 0 Å². The molecule has 0 aromatic carbocycles. The van der Waals surface area contributed by atoms with E-state index in [1.807, 2.05) is 20.8 Å². The van der Waals surface area contributed by atoms with Gasteiger partial charge < -0.3 is 23.7 Å². The Hall–Kier alpha value is -3.24. The second kappa shape index (κ2) is 10.2. The Balaban J connectivity index is 2.10. The minimum absolute atomic E-state index is 0.0854. The molecule has 4 aliphatic carbocycles. The molecule has 0 saturated heterocycles. The van der Waals surface area contributed by atoms with E-state index in [2.05, 4.69) is 6.58 Å². The van der Waals surface area contributed by atoms with Crippen molar-refractivity contribution < 1.29 is 52.5 Å². The summed E-state index contributed by atoms with van der Waals surface area (Å²) in [6, 6.07) is 0. The van der Waals surface area contributed by atoms with E-state index >= 15 is 0 Å². The van der Waals surface area contributed by atoms with Crippen LogP contribution in [0.15, 0.2) is 12.2 Å². The van der Waals surface area contributed by atoms with Crippen molar-refractivity contribution in [2.24, 2.45) is 34.0 Å². The summed E-state index contributed by atoms with van der Waals surface area (Å²) < 4.78 is 29.6. The van der Waals surface area contributed by atoms with Crippen LogP contribution in [0.25, 0.3) is 0 Å². The van der Waals surface area contributed by atoms with Crippen molar-refractivity contribution in [1.29, 1.82) is 0 Å². The summed E-state index contributed by atoms with van der Waals surface area (Å²) in [5.41, 5.74) is -3.32. The largest absolute Gasteiger partial charge is 0.462 e. The Morgan fingerprint density at radius 1 is 0.707 bits per heavy atom. The highest BCUT2D eigenvalue weighted by atomic mass is 16.6. The van der Waals surface area contributed by atoms with Crippen LogP contribution in [0.3, 0.4) is 0 Å². The summed E-state index contributed by atoms with van der Waals surface area (Å²) in [5, 5.41) is 0. The van der Waals surface area contributed by atoms with Crippen LogP contribution in [-0.2, 0) is 52.5 Å². The van der Waals surface area contributed by atoms with Crippen LogP contribution in [0.5, 0.6) is 0 Å². The Bertz CT molecular complexity index is 1200. The van der Waals surface area contributed by atoms with Crippen molar-refractivity contribution in [2.45, 2.75) is 105 Å². The zero-order valence-electron chi connectivity index (χ0n) is 24.9. The van der Waals surface area contributed by atoms with Gasteiger partial charge in [0, 0.05) is 63.7 Å². The molecular weight excluding hydrogens is 536 g/mol. The molecule has 0 N–H and O–H groups in total. The third-order valence-electron chi connectivity index (χ3n) is 9.99. The fourth-order valence-corrected chi connectivity index (χ4v) is 9.10. The van der Waals surface area contributed by atoms with Gasteiger partial charge in [0.15, 0.2) is 11.9 Å². The zero-order chi connectivity index (χ0) is 30.8. The number of esters is 5. The predicted molar refractivity (Wildman–Crippen MR) is 141 cm³/mol. The third kappa shape index (κ3) is 4.65. The highest BCUT2D eigenvalue weighted by Crippen LogP contribution is 2.73. The van der Waals surface area contributed by atoms with Gasteiger partial charge >= 0.3 is 29.8 Å². The number of Topliss-reactive ketones (excluding diaryl/α,β-unsaturated/α-hetero) is 1. The summed E-state index contributed by atoms with van der Waals surface area (Å²) in [6.45, 7) is 15.8. The minimum atomic E-state index is -1.49. The molecule has 0 heterocycles. The van der Waals surface area contributed by atoms with E-state index in [0.29, 0.717) is 12.0 Å². The molecule has 1 spiro atoms. The van der Waals surface area contributed by atoms with Gasteiger partial charge in [-0.2, -0.15) is 0 Å². The van der Waals surface area contributed by atoms with Gasteiger partial charge in [-0.25, -0.2) is 0 Å². The molecule has 41 heavy (non-hydrogen) atoms. The molecule has 4 saturated carbocycles. The van der Waals surface area contributed by atoms with E-state index in [1.54, 1.807) is 0 Å². The van der Waals surface area contributed by atoms with E-state index in [-0.39, 0.29) is 24.5 Å². The van der Waals surface area contributed by atoms with Gasteiger partial charge in [-0.15, -0.1) is 0 Å². The number of rotatable bonds is 5. The van der Waals surface area contributed by atoms with Crippen LogP contribution in [0.4, 0.5) is 0 Å². The summed E-state index contributed by atoms with van der Waals surface area (Å²) in [7, 11) is 0. The molecule has 10 atom stereocenters. The topological polar surface area (TPSA) is 149 Å².